The second-order valence-electron chi connectivity index (χ2n) is 7.31. The minimum Gasteiger partial charge on any atom is -0.352 e. The molecule has 0 bridgehead atoms. The van der Waals surface area contributed by atoms with Crippen LogP contribution in [-0.4, -0.2) is 28.8 Å². The van der Waals surface area contributed by atoms with Gasteiger partial charge < -0.3 is 10.2 Å². The van der Waals surface area contributed by atoms with E-state index < -0.39 is 6.04 Å². The maximum Gasteiger partial charge on any atom is 0.243 e. The molecule has 0 aliphatic rings. The zero-order valence-corrected chi connectivity index (χ0v) is 19.7. The Morgan fingerprint density at radius 2 is 1.70 bits per heavy atom. The van der Waals surface area contributed by atoms with Gasteiger partial charge in [-0.1, -0.05) is 66.8 Å². The second kappa shape index (κ2) is 11.6. The van der Waals surface area contributed by atoms with Crippen LogP contribution in [0.25, 0.3) is 0 Å². The first-order valence-electron chi connectivity index (χ1n) is 10.0. The molecule has 7 heteroatoms. The topological polar surface area (TPSA) is 49.4 Å². The van der Waals surface area contributed by atoms with Gasteiger partial charge in [0.05, 0.1) is 6.42 Å². The summed E-state index contributed by atoms with van der Waals surface area (Å²) in [6.07, 6.45) is 1.43. The Kier molecular flexibility index (Phi) is 9.47. The quantitative estimate of drug-likeness (QED) is 0.496. The van der Waals surface area contributed by atoms with Crippen molar-refractivity contribution in [2.24, 2.45) is 0 Å². The monoisotopic (exact) mass is 468 g/mol. The summed E-state index contributed by atoms with van der Waals surface area (Å²) in [5, 5.41) is 4.53. The molecule has 0 saturated carbocycles. The first-order chi connectivity index (χ1) is 14.2. The van der Waals surface area contributed by atoms with E-state index in [-0.39, 0.29) is 30.8 Å². The number of nitrogens with zero attached hydrogens (tertiary/aromatic N) is 1. The second-order valence-corrected chi connectivity index (χ2v) is 8.59. The fourth-order valence-electron chi connectivity index (χ4n) is 3.12. The molecule has 0 heterocycles. The number of amides is 2. The molecule has 2 aromatic carbocycles. The van der Waals surface area contributed by atoms with Crippen molar-refractivity contribution in [2.45, 2.75) is 58.7 Å². The molecular weight excluding hydrogens is 443 g/mol. The summed E-state index contributed by atoms with van der Waals surface area (Å²) in [4.78, 5) is 27.8. The lowest BCUT2D eigenvalue weighted by Crippen LogP contribution is -2.51. The Bertz CT molecular complexity index is 889. The number of rotatable bonds is 9. The molecule has 0 radical (unpaired) electrons. The molecule has 0 aliphatic heterocycles. The lowest BCUT2D eigenvalue weighted by atomic mass is 10.1. The molecule has 0 aliphatic carbocycles. The van der Waals surface area contributed by atoms with Crippen LogP contribution in [0.1, 0.15) is 44.7 Å². The van der Waals surface area contributed by atoms with Crippen LogP contribution in [0.3, 0.4) is 0 Å². The highest BCUT2D eigenvalue weighted by Crippen LogP contribution is 2.24. The molecule has 0 spiro atoms. The number of carbonyl (C=O) groups excluding carboxylic acids is 2. The van der Waals surface area contributed by atoms with Crippen LogP contribution in [0.15, 0.2) is 42.5 Å². The molecule has 1 N–H and O–H groups in total. The number of benzene rings is 2. The first kappa shape index (κ1) is 24.5. The highest BCUT2D eigenvalue weighted by Gasteiger charge is 2.29. The van der Waals surface area contributed by atoms with Gasteiger partial charge in [0.2, 0.25) is 11.8 Å². The molecule has 2 rings (SSSR count). The third kappa shape index (κ3) is 6.90. The maximum atomic E-state index is 13.3. The van der Waals surface area contributed by atoms with Crippen molar-refractivity contribution in [3.8, 4) is 0 Å². The molecule has 0 unspecified atom stereocenters. The smallest absolute Gasteiger partial charge is 0.243 e. The molecule has 0 saturated heterocycles. The van der Waals surface area contributed by atoms with Gasteiger partial charge in [-0.2, -0.15) is 0 Å². The minimum atomic E-state index is -0.613. The summed E-state index contributed by atoms with van der Waals surface area (Å²) >= 11 is 18.4. The summed E-state index contributed by atoms with van der Waals surface area (Å²) < 4.78 is 0. The zero-order valence-electron chi connectivity index (χ0n) is 17.4. The third-order valence-electron chi connectivity index (χ3n) is 4.99. The van der Waals surface area contributed by atoms with Crippen LogP contribution in [0.2, 0.25) is 15.1 Å². The average Bonchev–Trinajstić information content (AvgIpc) is 2.69. The predicted molar refractivity (Wildman–Crippen MR) is 124 cm³/mol. The van der Waals surface area contributed by atoms with Crippen molar-refractivity contribution in [2.75, 3.05) is 0 Å². The van der Waals surface area contributed by atoms with E-state index in [1.165, 1.54) is 0 Å². The third-order valence-corrected chi connectivity index (χ3v) is 5.81. The van der Waals surface area contributed by atoms with Gasteiger partial charge in [-0.25, -0.2) is 0 Å². The largest absolute Gasteiger partial charge is 0.352 e. The Morgan fingerprint density at radius 1 is 1.00 bits per heavy atom. The van der Waals surface area contributed by atoms with Gasteiger partial charge in [0.1, 0.15) is 6.04 Å². The molecule has 2 amide bonds. The van der Waals surface area contributed by atoms with Gasteiger partial charge >= 0.3 is 0 Å². The van der Waals surface area contributed by atoms with Gasteiger partial charge in [0.25, 0.3) is 0 Å². The van der Waals surface area contributed by atoms with E-state index in [9.17, 15) is 9.59 Å². The first-order valence-corrected chi connectivity index (χ1v) is 11.2. The fraction of sp³-hybridized carbons (Fsp3) is 0.391. The van der Waals surface area contributed by atoms with Crippen LogP contribution in [0, 0.1) is 0 Å². The summed E-state index contributed by atoms with van der Waals surface area (Å²) in [6, 6.07) is 11.7. The van der Waals surface area contributed by atoms with E-state index in [0.29, 0.717) is 21.5 Å². The van der Waals surface area contributed by atoms with E-state index in [0.717, 1.165) is 17.5 Å². The molecule has 4 nitrogen and oxygen atoms in total. The molecule has 30 heavy (non-hydrogen) atoms. The van der Waals surface area contributed by atoms with Crippen LogP contribution in [0.5, 0.6) is 0 Å². The Morgan fingerprint density at radius 3 is 2.30 bits per heavy atom. The van der Waals surface area contributed by atoms with Gasteiger partial charge in [-0.05, 0) is 55.2 Å². The van der Waals surface area contributed by atoms with Crippen molar-refractivity contribution in [1.29, 1.82) is 0 Å². The molecule has 2 aromatic rings. The SMILES string of the molecule is CC[C@H](C)NC(=O)[C@H](CC)N(Cc1ccc(Cl)cc1Cl)C(=O)Cc1cccc(Cl)c1. The molecular formula is C23H27Cl3N2O2. The normalized spacial score (nSPS) is 12.9. The molecule has 162 valence electrons. The number of carbonyl (C=O) groups is 2. The minimum absolute atomic E-state index is 0.0237. The van der Waals surface area contributed by atoms with Crippen LogP contribution in [-0.2, 0) is 22.6 Å². The number of halogens is 3. The Balaban J connectivity index is 2.34. The van der Waals surface area contributed by atoms with Crippen LogP contribution in [0.4, 0.5) is 0 Å². The standard InChI is InChI=1S/C23H27Cl3N2O2/c1-4-15(3)27-23(30)21(5-2)28(14-17-9-10-19(25)13-20(17)26)22(29)12-16-7-6-8-18(24)11-16/h6-11,13,15,21H,4-5,12,14H2,1-3H3,(H,27,30)/t15-,21-/m0/s1. The molecule has 2 atom stereocenters. The number of nitrogens with one attached hydrogen (secondary N) is 1. The zero-order chi connectivity index (χ0) is 22.3. The average molecular weight is 470 g/mol. The predicted octanol–water partition coefficient (Wildman–Crippen LogP) is 5.91. The van der Waals surface area contributed by atoms with Crippen LogP contribution < -0.4 is 5.32 Å². The lowest BCUT2D eigenvalue weighted by Gasteiger charge is -2.32. The number of hydrogen-bond acceptors (Lipinski definition) is 2. The highest BCUT2D eigenvalue weighted by atomic mass is 35.5. The molecule has 0 fully saturated rings. The van der Waals surface area contributed by atoms with Crippen molar-refractivity contribution in [3.63, 3.8) is 0 Å². The summed E-state index contributed by atoms with van der Waals surface area (Å²) in [7, 11) is 0. The van der Waals surface area contributed by atoms with Crippen molar-refractivity contribution in [3.05, 3.63) is 68.7 Å². The van der Waals surface area contributed by atoms with Gasteiger partial charge in [0, 0.05) is 27.7 Å². The Hall–Kier alpha value is -1.75. The van der Waals surface area contributed by atoms with E-state index in [2.05, 4.69) is 5.32 Å². The van der Waals surface area contributed by atoms with Crippen molar-refractivity contribution in [1.82, 2.24) is 10.2 Å². The summed E-state index contributed by atoms with van der Waals surface area (Å²) in [5.74, 6) is -0.342. The lowest BCUT2D eigenvalue weighted by molar-refractivity contribution is -0.141. The Labute approximate surface area is 193 Å². The van der Waals surface area contributed by atoms with Crippen LogP contribution >= 0.6 is 34.8 Å². The molecule has 0 aromatic heterocycles. The summed E-state index contributed by atoms with van der Waals surface area (Å²) in [5.41, 5.74) is 1.52. The van der Waals surface area contributed by atoms with Gasteiger partial charge in [-0.15, -0.1) is 0 Å². The van der Waals surface area contributed by atoms with Gasteiger partial charge in [0.15, 0.2) is 0 Å². The van der Waals surface area contributed by atoms with Gasteiger partial charge in [-0.3, -0.25) is 9.59 Å². The van der Waals surface area contributed by atoms with Crippen molar-refractivity contribution >= 4 is 46.6 Å². The maximum absolute atomic E-state index is 13.3. The van der Waals surface area contributed by atoms with E-state index >= 15 is 0 Å². The van der Waals surface area contributed by atoms with Crippen molar-refractivity contribution < 1.29 is 9.59 Å². The summed E-state index contributed by atoms with van der Waals surface area (Å²) in [6.45, 7) is 6.05. The van der Waals surface area contributed by atoms with E-state index in [1.807, 2.05) is 26.8 Å². The van der Waals surface area contributed by atoms with E-state index in [1.54, 1.807) is 41.3 Å². The fourth-order valence-corrected chi connectivity index (χ4v) is 3.80. The number of hydrogen-bond donors (Lipinski definition) is 1. The van der Waals surface area contributed by atoms with E-state index in [4.69, 9.17) is 34.8 Å². The highest BCUT2D eigenvalue weighted by molar-refractivity contribution is 6.35.